The molecule has 25 heavy (non-hydrogen) atoms. The van der Waals surface area contributed by atoms with Crippen LogP contribution in [-0.2, 0) is 0 Å². The van der Waals surface area contributed by atoms with Crippen molar-refractivity contribution in [1.82, 2.24) is 19.9 Å². The molecular formula is C20H24N4O. The highest BCUT2D eigenvalue weighted by Gasteiger charge is 2.36. The van der Waals surface area contributed by atoms with Crippen LogP contribution < -0.4 is 0 Å². The predicted octanol–water partition coefficient (Wildman–Crippen LogP) is 3.73. The number of amides is 1. The number of rotatable bonds is 2. The summed E-state index contributed by atoms with van der Waals surface area (Å²) >= 11 is 0. The summed E-state index contributed by atoms with van der Waals surface area (Å²) in [7, 11) is 0. The topological polar surface area (TPSA) is 59.0 Å². The van der Waals surface area contributed by atoms with Crippen LogP contribution in [0.25, 0.3) is 11.5 Å². The van der Waals surface area contributed by atoms with E-state index >= 15 is 0 Å². The van der Waals surface area contributed by atoms with Crippen LogP contribution >= 0.6 is 0 Å². The Kier molecular flexibility index (Phi) is 4.47. The van der Waals surface area contributed by atoms with Gasteiger partial charge in [-0.2, -0.15) is 0 Å². The number of carbonyl (C=O) groups is 1. The minimum Gasteiger partial charge on any atom is -0.339 e. The minimum absolute atomic E-state index is 0.0539. The zero-order valence-corrected chi connectivity index (χ0v) is 14.5. The lowest BCUT2D eigenvalue weighted by Crippen LogP contribution is -2.44. The van der Waals surface area contributed by atoms with Gasteiger partial charge in [0, 0.05) is 31.7 Å². The highest BCUT2D eigenvalue weighted by Crippen LogP contribution is 2.44. The van der Waals surface area contributed by atoms with Gasteiger partial charge in [0.1, 0.15) is 5.69 Å². The number of hydrogen-bond donors (Lipinski definition) is 0. The number of carbonyl (C=O) groups excluding carboxylic acids is 1. The zero-order valence-electron chi connectivity index (χ0n) is 14.5. The molecule has 1 amide bonds. The molecule has 1 aliphatic heterocycles. The first-order chi connectivity index (χ1) is 12.3. The van der Waals surface area contributed by atoms with E-state index in [9.17, 15) is 4.79 Å². The smallest absolute Gasteiger partial charge is 0.256 e. The molecule has 0 radical (unpaired) electrons. The van der Waals surface area contributed by atoms with E-state index in [0.29, 0.717) is 16.8 Å². The molecule has 2 aliphatic rings. The van der Waals surface area contributed by atoms with E-state index in [0.717, 1.165) is 31.6 Å². The Bertz CT molecular complexity index is 713. The Balaban J connectivity index is 1.41. The standard InChI is InChI=1S/C20H24N4O/c25-19(24-12-9-20(10-13-24)7-3-1-4-8-20)16-14-22-18(23-15-16)17-6-2-5-11-21-17/h2,5-6,11,14-15H,1,3-4,7-10,12-13H2. The molecule has 2 aromatic rings. The van der Waals surface area contributed by atoms with Gasteiger partial charge >= 0.3 is 0 Å². The summed E-state index contributed by atoms with van der Waals surface area (Å²) in [6.07, 6.45) is 14.0. The van der Waals surface area contributed by atoms with Gasteiger partial charge in [0.2, 0.25) is 0 Å². The molecule has 1 saturated carbocycles. The third kappa shape index (κ3) is 3.41. The zero-order chi connectivity index (χ0) is 17.1. The fourth-order valence-electron chi connectivity index (χ4n) is 4.23. The summed E-state index contributed by atoms with van der Waals surface area (Å²) in [5.74, 6) is 0.607. The van der Waals surface area contributed by atoms with Crippen molar-refractivity contribution in [3.05, 3.63) is 42.4 Å². The van der Waals surface area contributed by atoms with Gasteiger partial charge in [-0.05, 0) is 43.2 Å². The Morgan fingerprint density at radius 3 is 2.28 bits per heavy atom. The molecular weight excluding hydrogens is 312 g/mol. The summed E-state index contributed by atoms with van der Waals surface area (Å²) in [5, 5.41) is 0. The fraction of sp³-hybridized carbons (Fsp3) is 0.500. The van der Waals surface area contributed by atoms with E-state index in [2.05, 4.69) is 15.0 Å². The molecule has 0 bridgehead atoms. The second-order valence-corrected chi connectivity index (χ2v) is 7.36. The van der Waals surface area contributed by atoms with Gasteiger partial charge in [0.25, 0.3) is 5.91 Å². The van der Waals surface area contributed by atoms with E-state index in [1.54, 1.807) is 18.6 Å². The molecule has 2 aromatic heterocycles. The maximum Gasteiger partial charge on any atom is 0.256 e. The van der Waals surface area contributed by atoms with Gasteiger partial charge in [-0.25, -0.2) is 9.97 Å². The average Bonchev–Trinajstić information content (AvgIpc) is 2.70. The van der Waals surface area contributed by atoms with Crippen LogP contribution in [0.2, 0.25) is 0 Å². The van der Waals surface area contributed by atoms with Gasteiger partial charge in [-0.3, -0.25) is 9.78 Å². The molecule has 1 saturated heterocycles. The molecule has 0 unspecified atom stereocenters. The fourth-order valence-corrected chi connectivity index (χ4v) is 4.23. The third-order valence-electron chi connectivity index (χ3n) is 5.82. The summed E-state index contributed by atoms with van der Waals surface area (Å²) in [5.41, 5.74) is 1.80. The van der Waals surface area contributed by atoms with Crippen molar-refractivity contribution >= 4 is 5.91 Å². The molecule has 5 heteroatoms. The number of aromatic nitrogens is 3. The molecule has 0 atom stereocenters. The predicted molar refractivity (Wildman–Crippen MR) is 95.9 cm³/mol. The molecule has 1 aliphatic carbocycles. The summed E-state index contributed by atoms with van der Waals surface area (Å²) in [6.45, 7) is 1.72. The molecule has 4 rings (SSSR count). The van der Waals surface area contributed by atoms with Crippen LogP contribution in [0, 0.1) is 5.41 Å². The van der Waals surface area contributed by atoms with Gasteiger partial charge < -0.3 is 4.90 Å². The van der Waals surface area contributed by atoms with E-state index < -0.39 is 0 Å². The monoisotopic (exact) mass is 336 g/mol. The Morgan fingerprint density at radius 1 is 0.920 bits per heavy atom. The van der Waals surface area contributed by atoms with E-state index in [1.165, 1.54) is 32.1 Å². The van der Waals surface area contributed by atoms with Gasteiger partial charge in [-0.1, -0.05) is 25.3 Å². The van der Waals surface area contributed by atoms with Crippen LogP contribution in [-0.4, -0.2) is 38.8 Å². The Labute approximate surface area is 148 Å². The summed E-state index contributed by atoms with van der Waals surface area (Å²) < 4.78 is 0. The van der Waals surface area contributed by atoms with Crippen molar-refractivity contribution in [3.63, 3.8) is 0 Å². The lowest BCUT2D eigenvalue weighted by Gasteiger charge is -2.44. The van der Waals surface area contributed by atoms with E-state index in [4.69, 9.17) is 0 Å². The van der Waals surface area contributed by atoms with Crippen molar-refractivity contribution in [2.75, 3.05) is 13.1 Å². The number of hydrogen-bond acceptors (Lipinski definition) is 4. The van der Waals surface area contributed by atoms with Crippen molar-refractivity contribution in [3.8, 4) is 11.5 Å². The van der Waals surface area contributed by atoms with Crippen LogP contribution in [0.4, 0.5) is 0 Å². The molecule has 5 nitrogen and oxygen atoms in total. The first kappa shape index (κ1) is 16.2. The van der Waals surface area contributed by atoms with E-state index in [-0.39, 0.29) is 5.91 Å². The Hall–Kier alpha value is -2.30. The summed E-state index contributed by atoms with van der Waals surface area (Å²) in [4.78, 5) is 27.6. The molecule has 0 N–H and O–H groups in total. The van der Waals surface area contributed by atoms with Crippen LogP contribution in [0.1, 0.15) is 55.3 Å². The lowest BCUT2D eigenvalue weighted by molar-refractivity contribution is 0.0471. The molecule has 130 valence electrons. The van der Waals surface area contributed by atoms with Crippen LogP contribution in [0.3, 0.4) is 0 Å². The van der Waals surface area contributed by atoms with Crippen molar-refractivity contribution in [1.29, 1.82) is 0 Å². The second kappa shape index (κ2) is 6.90. The van der Waals surface area contributed by atoms with Crippen LogP contribution in [0.5, 0.6) is 0 Å². The van der Waals surface area contributed by atoms with Crippen molar-refractivity contribution in [2.45, 2.75) is 44.9 Å². The maximum absolute atomic E-state index is 12.7. The number of nitrogens with zero attached hydrogens (tertiary/aromatic N) is 4. The first-order valence-corrected chi connectivity index (χ1v) is 9.29. The second-order valence-electron chi connectivity index (χ2n) is 7.36. The maximum atomic E-state index is 12.7. The highest BCUT2D eigenvalue weighted by atomic mass is 16.2. The van der Waals surface area contributed by atoms with Crippen molar-refractivity contribution in [2.24, 2.45) is 5.41 Å². The first-order valence-electron chi connectivity index (χ1n) is 9.29. The van der Waals surface area contributed by atoms with E-state index in [1.807, 2.05) is 23.1 Å². The van der Waals surface area contributed by atoms with Crippen LogP contribution in [0.15, 0.2) is 36.8 Å². The molecule has 1 spiro atoms. The quantitative estimate of drug-likeness (QED) is 0.838. The lowest BCUT2D eigenvalue weighted by atomic mass is 9.68. The Morgan fingerprint density at radius 2 is 1.64 bits per heavy atom. The number of likely N-dealkylation sites (tertiary alicyclic amines) is 1. The van der Waals surface area contributed by atoms with Gasteiger partial charge in [-0.15, -0.1) is 0 Å². The largest absolute Gasteiger partial charge is 0.339 e. The normalized spacial score (nSPS) is 19.8. The molecule has 2 fully saturated rings. The van der Waals surface area contributed by atoms with Gasteiger partial charge in [0.05, 0.1) is 5.56 Å². The summed E-state index contributed by atoms with van der Waals surface area (Å²) in [6, 6.07) is 5.63. The number of pyridine rings is 1. The molecule has 0 aromatic carbocycles. The molecule has 3 heterocycles. The van der Waals surface area contributed by atoms with Gasteiger partial charge in [0.15, 0.2) is 5.82 Å². The number of piperidine rings is 1. The SMILES string of the molecule is O=C(c1cnc(-c2ccccn2)nc1)N1CCC2(CCCCC2)CC1. The minimum atomic E-state index is 0.0539. The highest BCUT2D eigenvalue weighted by molar-refractivity contribution is 5.93. The third-order valence-corrected chi connectivity index (χ3v) is 5.82. The average molecular weight is 336 g/mol. The van der Waals surface area contributed by atoms with Crippen molar-refractivity contribution < 1.29 is 4.79 Å².